The van der Waals surface area contributed by atoms with Crippen LogP contribution in [0.4, 0.5) is 5.69 Å². The second-order valence-electron chi connectivity index (χ2n) is 4.40. The van der Waals surface area contributed by atoms with Crippen molar-refractivity contribution in [3.63, 3.8) is 0 Å². The number of Topliss-reactive ketones (excluding diaryl/α,β-unsaturated/α-hetero) is 1. The van der Waals surface area contributed by atoms with Gasteiger partial charge in [0.15, 0.2) is 5.78 Å². The normalized spacial score (nSPS) is 10.8. The maximum absolute atomic E-state index is 11.8. The lowest BCUT2D eigenvalue weighted by Gasteiger charge is -2.14. The minimum absolute atomic E-state index is 0.0769. The highest BCUT2D eigenvalue weighted by Crippen LogP contribution is 2.12. The molecule has 0 saturated heterocycles. The van der Waals surface area contributed by atoms with E-state index in [9.17, 15) is 14.9 Å². The Kier molecular flexibility index (Phi) is 5.51. The summed E-state index contributed by atoms with van der Waals surface area (Å²) in [6, 6.07) is 1.28. The van der Waals surface area contributed by atoms with E-state index in [0.717, 1.165) is 25.8 Å². The molecule has 0 spiro atoms. The molecule has 0 aromatic carbocycles. The number of carbonyl (C=O) groups excluding carboxylic acids is 1. The van der Waals surface area contributed by atoms with Crippen LogP contribution >= 0.6 is 0 Å². The van der Waals surface area contributed by atoms with Crippen LogP contribution in [0.15, 0.2) is 12.3 Å². The van der Waals surface area contributed by atoms with Gasteiger partial charge in [0, 0.05) is 6.07 Å². The minimum atomic E-state index is -0.516. The molecule has 1 aromatic heterocycles. The second-order valence-corrected chi connectivity index (χ2v) is 4.40. The van der Waals surface area contributed by atoms with Crippen molar-refractivity contribution in [2.45, 2.75) is 26.2 Å². The fraction of sp³-hybridized carbons (Fsp3) is 0.583. The van der Waals surface area contributed by atoms with Gasteiger partial charge in [-0.1, -0.05) is 19.8 Å². The molecule has 18 heavy (non-hydrogen) atoms. The Morgan fingerprint density at radius 2 is 2.22 bits per heavy atom. The van der Waals surface area contributed by atoms with Crippen molar-refractivity contribution in [3.8, 4) is 0 Å². The Hall–Kier alpha value is -1.69. The molecule has 0 aliphatic rings. The summed E-state index contributed by atoms with van der Waals surface area (Å²) < 4.78 is 0. The Morgan fingerprint density at radius 1 is 1.50 bits per heavy atom. The van der Waals surface area contributed by atoms with Gasteiger partial charge in [0.1, 0.15) is 0 Å². The van der Waals surface area contributed by atoms with Gasteiger partial charge in [-0.2, -0.15) is 0 Å². The van der Waals surface area contributed by atoms with Crippen molar-refractivity contribution in [2.75, 3.05) is 20.1 Å². The van der Waals surface area contributed by atoms with E-state index < -0.39 is 4.92 Å². The Bertz CT molecular complexity index is 414. The van der Waals surface area contributed by atoms with Gasteiger partial charge in [-0.05, 0) is 20.0 Å². The summed E-state index contributed by atoms with van der Waals surface area (Å²) in [4.78, 5) is 26.4. The molecule has 0 aliphatic heterocycles. The molecule has 0 amide bonds. The summed E-state index contributed by atoms with van der Waals surface area (Å²) in [5, 5.41) is 10.5. The second kappa shape index (κ2) is 6.90. The number of hydrogen-bond donors (Lipinski definition) is 1. The molecule has 1 N–H and O–H groups in total. The Balaban J connectivity index is 2.46. The average Bonchev–Trinajstić information content (AvgIpc) is 2.78. The predicted octanol–water partition coefficient (Wildman–Crippen LogP) is 2.23. The SMILES string of the molecule is CCCCCN(C)CC(=O)c1cc([N+](=O)[O-])c[nH]1. The summed E-state index contributed by atoms with van der Waals surface area (Å²) in [7, 11) is 1.88. The van der Waals surface area contributed by atoms with Crippen LogP contribution in [0, 0.1) is 10.1 Å². The van der Waals surface area contributed by atoms with Gasteiger partial charge < -0.3 is 4.98 Å². The van der Waals surface area contributed by atoms with Crippen LogP contribution < -0.4 is 0 Å². The van der Waals surface area contributed by atoms with E-state index >= 15 is 0 Å². The highest BCUT2D eigenvalue weighted by molar-refractivity contribution is 5.96. The number of H-pyrrole nitrogens is 1. The van der Waals surface area contributed by atoms with Crippen molar-refractivity contribution < 1.29 is 9.72 Å². The minimum Gasteiger partial charge on any atom is -0.353 e. The number of aromatic nitrogens is 1. The summed E-state index contributed by atoms with van der Waals surface area (Å²) in [5.41, 5.74) is 0.219. The van der Waals surface area contributed by atoms with Crippen LogP contribution in [0.1, 0.15) is 36.7 Å². The van der Waals surface area contributed by atoms with Crippen LogP contribution in [-0.2, 0) is 0 Å². The smallest absolute Gasteiger partial charge is 0.287 e. The summed E-state index contributed by atoms with van der Waals surface area (Å²) in [6.45, 7) is 3.27. The molecule has 1 rings (SSSR count). The first-order chi connectivity index (χ1) is 8.54. The van der Waals surface area contributed by atoms with E-state index in [-0.39, 0.29) is 18.0 Å². The quantitative estimate of drug-likeness (QED) is 0.333. The molecule has 100 valence electrons. The zero-order valence-electron chi connectivity index (χ0n) is 10.8. The first kappa shape index (κ1) is 14.4. The zero-order valence-corrected chi connectivity index (χ0v) is 10.8. The number of unbranched alkanes of at least 4 members (excludes halogenated alkanes) is 2. The van der Waals surface area contributed by atoms with Gasteiger partial charge >= 0.3 is 0 Å². The third-order valence-corrected chi connectivity index (χ3v) is 2.74. The summed E-state index contributed by atoms with van der Waals surface area (Å²) in [6.07, 6.45) is 4.59. The van der Waals surface area contributed by atoms with Crippen LogP contribution in [0.5, 0.6) is 0 Å². The number of carbonyl (C=O) groups is 1. The first-order valence-corrected chi connectivity index (χ1v) is 6.09. The molecule has 0 fully saturated rings. The number of nitrogens with zero attached hydrogens (tertiary/aromatic N) is 2. The summed E-state index contributed by atoms with van der Waals surface area (Å²) in [5.74, 6) is -0.123. The molecular weight excluding hydrogens is 234 g/mol. The highest BCUT2D eigenvalue weighted by Gasteiger charge is 2.15. The molecule has 0 radical (unpaired) electrons. The topological polar surface area (TPSA) is 79.2 Å². The largest absolute Gasteiger partial charge is 0.353 e. The molecule has 0 atom stereocenters. The average molecular weight is 253 g/mol. The van der Waals surface area contributed by atoms with E-state index in [4.69, 9.17) is 0 Å². The number of rotatable bonds is 8. The lowest BCUT2D eigenvalue weighted by molar-refractivity contribution is -0.384. The van der Waals surface area contributed by atoms with Crippen molar-refractivity contribution >= 4 is 11.5 Å². The van der Waals surface area contributed by atoms with Gasteiger partial charge in [-0.3, -0.25) is 19.8 Å². The van der Waals surface area contributed by atoms with Crippen molar-refractivity contribution in [2.24, 2.45) is 0 Å². The predicted molar refractivity (Wildman–Crippen MR) is 68.8 cm³/mol. The van der Waals surface area contributed by atoms with Gasteiger partial charge in [0.05, 0.1) is 23.4 Å². The molecular formula is C12H19N3O3. The number of nitro groups is 1. The Morgan fingerprint density at radius 3 is 2.78 bits per heavy atom. The Labute approximate surface area is 106 Å². The molecule has 6 heteroatoms. The van der Waals surface area contributed by atoms with E-state index in [1.54, 1.807) is 0 Å². The van der Waals surface area contributed by atoms with E-state index in [0.29, 0.717) is 5.69 Å². The van der Waals surface area contributed by atoms with Crippen LogP contribution in [0.2, 0.25) is 0 Å². The first-order valence-electron chi connectivity index (χ1n) is 6.09. The third-order valence-electron chi connectivity index (χ3n) is 2.74. The number of hydrogen-bond acceptors (Lipinski definition) is 4. The molecule has 0 bridgehead atoms. The van der Waals surface area contributed by atoms with Gasteiger partial charge in [-0.15, -0.1) is 0 Å². The number of likely N-dealkylation sites (N-methyl/N-ethyl adjacent to an activating group) is 1. The van der Waals surface area contributed by atoms with Crippen molar-refractivity contribution in [1.82, 2.24) is 9.88 Å². The van der Waals surface area contributed by atoms with Gasteiger partial charge in [-0.25, -0.2) is 0 Å². The number of aromatic amines is 1. The van der Waals surface area contributed by atoms with Crippen LogP contribution in [0.25, 0.3) is 0 Å². The fourth-order valence-corrected chi connectivity index (χ4v) is 1.69. The maximum atomic E-state index is 11.8. The van der Waals surface area contributed by atoms with Gasteiger partial charge in [0.25, 0.3) is 5.69 Å². The monoisotopic (exact) mass is 253 g/mol. The highest BCUT2D eigenvalue weighted by atomic mass is 16.6. The molecule has 1 heterocycles. The zero-order chi connectivity index (χ0) is 13.5. The third kappa shape index (κ3) is 4.29. The molecule has 6 nitrogen and oxygen atoms in total. The molecule has 0 unspecified atom stereocenters. The number of ketones is 1. The van der Waals surface area contributed by atoms with Crippen LogP contribution in [-0.4, -0.2) is 40.7 Å². The lowest BCUT2D eigenvalue weighted by Crippen LogP contribution is -2.27. The lowest BCUT2D eigenvalue weighted by atomic mass is 10.2. The van der Waals surface area contributed by atoms with Crippen LogP contribution in [0.3, 0.4) is 0 Å². The van der Waals surface area contributed by atoms with Gasteiger partial charge in [0.2, 0.25) is 0 Å². The number of nitrogens with one attached hydrogen (secondary N) is 1. The van der Waals surface area contributed by atoms with Crippen molar-refractivity contribution in [3.05, 3.63) is 28.1 Å². The maximum Gasteiger partial charge on any atom is 0.287 e. The molecule has 0 saturated carbocycles. The van der Waals surface area contributed by atoms with E-state index in [1.165, 1.54) is 12.3 Å². The fourth-order valence-electron chi connectivity index (χ4n) is 1.69. The molecule has 1 aromatic rings. The standard InChI is InChI=1S/C12H19N3O3/c1-3-4-5-6-14(2)9-12(16)11-7-10(8-13-11)15(17)18/h7-8,13H,3-6,9H2,1-2H3. The molecule has 0 aliphatic carbocycles. The summed E-state index contributed by atoms with van der Waals surface area (Å²) >= 11 is 0. The van der Waals surface area contributed by atoms with Crippen molar-refractivity contribution in [1.29, 1.82) is 0 Å². The van der Waals surface area contributed by atoms with E-state index in [2.05, 4.69) is 11.9 Å². The van der Waals surface area contributed by atoms with E-state index in [1.807, 2.05) is 11.9 Å².